The van der Waals surface area contributed by atoms with Gasteiger partial charge in [-0.15, -0.1) is 0 Å². The number of nitrogens with zero attached hydrogens (tertiary/aromatic N) is 3. The molecule has 0 radical (unpaired) electrons. The van der Waals surface area contributed by atoms with Crippen LogP contribution >= 0.6 is 0 Å². The van der Waals surface area contributed by atoms with Gasteiger partial charge in [-0.05, 0) is 103 Å². The maximum Gasteiger partial charge on any atom is 0.326 e. The number of aliphatic carboxylic acids is 1. The zero-order valence-corrected chi connectivity index (χ0v) is 48.9. The Hall–Kier alpha value is -8.88. The van der Waals surface area contributed by atoms with Crippen molar-refractivity contribution < 1.29 is 57.8 Å². The lowest BCUT2D eigenvalue weighted by molar-refractivity contribution is -0.142. The summed E-state index contributed by atoms with van der Waals surface area (Å²) in [7, 11) is 0. The van der Waals surface area contributed by atoms with Gasteiger partial charge in [0, 0.05) is 32.5 Å². The van der Waals surface area contributed by atoms with Crippen LogP contribution in [0.15, 0.2) is 45.3 Å². The van der Waals surface area contributed by atoms with Gasteiger partial charge in [-0.2, -0.15) is 0 Å². The van der Waals surface area contributed by atoms with Crippen LogP contribution in [0.1, 0.15) is 110 Å². The fourth-order valence-electron chi connectivity index (χ4n) is 7.98. The molecule has 9 atom stereocenters. The predicted molar refractivity (Wildman–Crippen MR) is 316 cm³/mol. The Morgan fingerprint density at radius 2 is 0.894 bits per heavy atom. The third kappa shape index (κ3) is 32.5. The third-order valence-corrected chi connectivity index (χ3v) is 12.5. The van der Waals surface area contributed by atoms with Crippen LogP contribution in [0, 0.1) is 5.92 Å². The van der Waals surface area contributed by atoms with E-state index in [1.54, 1.807) is 44.2 Å². The molecule has 0 aliphatic heterocycles. The van der Waals surface area contributed by atoms with Crippen LogP contribution in [0.25, 0.3) is 0 Å². The van der Waals surface area contributed by atoms with Gasteiger partial charge in [0.15, 0.2) is 17.9 Å². The highest BCUT2D eigenvalue weighted by atomic mass is 16.4. The van der Waals surface area contributed by atoms with E-state index in [9.17, 15) is 57.8 Å². The normalized spacial score (nSPS) is 14.0. The average Bonchev–Trinajstić information content (AvgIpc) is 3.64. The molecule has 0 fully saturated rings. The molecule has 85 heavy (non-hydrogen) atoms. The topological polar surface area (TPSA) is 588 Å². The number of hydrogen-bond donors (Lipinski definition) is 19. The number of amides is 10. The lowest BCUT2D eigenvalue weighted by Gasteiger charge is -2.26. The molecule has 0 aromatic heterocycles. The second kappa shape index (κ2) is 40.4. The first kappa shape index (κ1) is 74.1. The molecule has 476 valence electrons. The summed E-state index contributed by atoms with van der Waals surface area (Å²) in [4.78, 5) is 157. The van der Waals surface area contributed by atoms with E-state index in [2.05, 4.69) is 62.8 Å². The SMILES string of the molecule is CC(C)C[C@H](NC(=O)[C@H](C)NC(=O)CNC(=O)[C@H](CCCCN)NC(=O)[C@H](CCCN=C(N)N)NC(=O)[C@H](C)NC(=O)[C@H](Cc1ccccc1)NC(=O)[C@@H](N)CCCN=C(N)N)C(=O)N[C@@H](CCCN=C(N)N)C(=O)N[C@@H](CCC(N)=O)C(=O)O. The number of hydrogen-bond acceptors (Lipinski definition) is 16. The van der Waals surface area contributed by atoms with Crippen molar-refractivity contribution in [2.24, 2.45) is 72.5 Å². The number of carboxylic acids is 1. The summed E-state index contributed by atoms with van der Waals surface area (Å²) in [5, 5.41) is 32.4. The number of rotatable bonds is 42. The van der Waals surface area contributed by atoms with Gasteiger partial charge in [-0.25, -0.2) is 4.79 Å². The zero-order valence-electron chi connectivity index (χ0n) is 48.9. The van der Waals surface area contributed by atoms with Crippen molar-refractivity contribution in [1.82, 2.24) is 47.9 Å². The Morgan fingerprint density at radius 1 is 0.471 bits per heavy atom. The summed E-state index contributed by atoms with van der Waals surface area (Å²) in [5.41, 5.74) is 50.2. The quantitative estimate of drug-likeness (QED) is 0.0164. The molecule has 0 unspecified atom stereocenters. The number of carboxylic acid groups (broad SMARTS) is 1. The van der Waals surface area contributed by atoms with E-state index < -0.39 is 126 Å². The largest absolute Gasteiger partial charge is 0.480 e. The highest BCUT2D eigenvalue weighted by Crippen LogP contribution is 2.11. The molecule has 28 N–H and O–H groups in total. The molecular weight excluding hydrogens is 1110 g/mol. The summed E-state index contributed by atoms with van der Waals surface area (Å²) in [6.45, 7) is 6.03. The van der Waals surface area contributed by atoms with E-state index in [1.165, 1.54) is 13.8 Å². The van der Waals surface area contributed by atoms with Crippen molar-refractivity contribution >= 4 is 82.9 Å². The van der Waals surface area contributed by atoms with Gasteiger partial charge in [0.05, 0.1) is 12.6 Å². The lowest BCUT2D eigenvalue weighted by atomic mass is 10.0. The predicted octanol–water partition coefficient (Wildman–Crippen LogP) is -6.72. The first-order valence-corrected chi connectivity index (χ1v) is 27.9. The van der Waals surface area contributed by atoms with E-state index in [4.69, 9.17) is 51.6 Å². The Kier molecular flexibility index (Phi) is 35.2. The van der Waals surface area contributed by atoms with E-state index in [0.717, 1.165) is 0 Å². The Bertz CT molecular complexity index is 2450. The first-order chi connectivity index (χ1) is 40.0. The number of carbonyl (C=O) groups excluding carboxylic acids is 10. The van der Waals surface area contributed by atoms with Gasteiger partial charge < -0.3 is 105 Å². The van der Waals surface area contributed by atoms with Crippen LogP contribution < -0.4 is 99.5 Å². The molecular formula is C52H91N21O12. The molecule has 33 nitrogen and oxygen atoms in total. The highest BCUT2D eigenvalue weighted by Gasteiger charge is 2.33. The summed E-state index contributed by atoms with van der Waals surface area (Å²) >= 11 is 0. The number of benzene rings is 1. The number of nitrogens with one attached hydrogen (secondary N) is 9. The van der Waals surface area contributed by atoms with Crippen LogP contribution in [0.2, 0.25) is 0 Å². The number of unbranched alkanes of at least 4 members (excludes halogenated alkanes) is 1. The van der Waals surface area contributed by atoms with Crippen LogP contribution in [0.3, 0.4) is 0 Å². The van der Waals surface area contributed by atoms with E-state index in [-0.39, 0.29) is 114 Å². The standard InChI is InChI=1S/C52H91N21O12/c1-28(2)25-37(48(83)70-35(18-12-24-64-52(60)61)46(81)71-36(49(84)85)19-20-39(55)74)72-41(76)29(3)66-40(75)27-65-44(79)33(16-8-9-21-53)69-45(80)34(17-11-23-63-51(58)59)68-42(77)30(4)67-47(82)38(26-31-13-6-5-7-14-31)73-43(78)32(54)15-10-22-62-50(56)57/h5-7,13-14,28-30,32-38H,8-12,15-27,53-54H2,1-4H3,(H2,55,74)(H,65,79)(H,66,75)(H,67,82)(H,68,77)(H,69,80)(H,70,83)(H,71,81)(H,72,76)(H,73,78)(H,84,85)(H4,56,57,62)(H4,58,59,63)(H4,60,61,64)/t29-,30-,32-,33-,34-,35-,36-,37-,38-/m0/s1. The minimum atomic E-state index is -1.54. The van der Waals surface area contributed by atoms with Gasteiger partial charge in [0.25, 0.3) is 0 Å². The van der Waals surface area contributed by atoms with E-state index in [1.807, 2.05) is 0 Å². The summed E-state index contributed by atoms with van der Waals surface area (Å²) in [6.07, 6.45) is 0.876. The number of carbonyl (C=O) groups is 11. The van der Waals surface area contributed by atoms with Crippen molar-refractivity contribution in [2.45, 2.75) is 166 Å². The van der Waals surface area contributed by atoms with Crippen LogP contribution in [-0.2, 0) is 59.2 Å². The van der Waals surface area contributed by atoms with Gasteiger partial charge >= 0.3 is 5.97 Å². The third-order valence-electron chi connectivity index (χ3n) is 12.5. The minimum absolute atomic E-state index is 0.0210. The molecule has 33 heteroatoms. The molecule has 1 aromatic carbocycles. The molecule has 1 rings (SSSR count). The minimum Gasteiger partial charge on any atom is -0.480 e. The molecule has 0 saturated carbocycles. The fourth-order valence-corrected chi connectivity index (χ4v) is 7.98. The Morgan fingerprint density at radius 3 is 1.38 bits per heavy atom. The summed E-state index contributed by atoms with van der Waals surface area (Å²) in [6, 6.07) is -2.89. The van der Waals surface area contributed by atoms with Crippen molar-refractivity contribution in [3.8, 4) is 0 Å². The number of aliphatic imine (C=N–C) groups is 3. The summed E-state index contributed by atoms with van der Waals surface area (Å²) in [5.74, 6) is -10.4. The second-order valence-electron chi connectivity index (χ2n) is 20.5. The maximum atomic E-state index is 14.1. The molecule has 0 heterocycles. The summed E-state index contributed by atoms with van der Waals surface area (Å²) < 4.78 is 0. The van der Waals surface area contributed by atoms with Gasteiger partial charge in [-0.1, -0.05) is 44.2 Å². The van der Waals surface area contributed by atoms with E-state index >= 15 is 0 Å². The van der Waals surface area contributed by atoms with Crippen LogP contribution in [-0.4, -0.2) is 175 Å². The number of nitrogens with two attached hydrogens (primary N) is 9. The van der Waals surface area contributed by atoms with Gasteiger partial charge in [-0.3, -0.25) is 62.9 Å². The van der Waals surface area contributed by atoms with Gasteiger partial charge in [0.2, 0.25) is 59.1 Å². The average molecular weight is 1200 g/mol. The second-order valence-corrected chi connectivity index (χ2v) is 20.5. The van der Waals surface area contributed by atoms with Crippen molar-refractivity contribution in [3.05, 3.63) is 35.9 Å². The molecule has 10 amide bonds. The molecule has 0 aliphatic carbocycles. The molecule has 1 aromatic rings. The number of primary amides is 1. The zero-order chi connectivity index (χ0) is 64.2. The monoisotopic (exact) mass is 1200 g/mol. The smallest absolute Gasteiger partial charge is 0.326 e. The molecule has 0 spiro atoms. The number of guanidine groups is 3. The van der Waals surface area contributed by atoms with Crippen molar-refractivity contribution in [1.29, 1.82) is 0 Å². The highest BCUT2D eigenvalue weighted by molar-refractivity contribution is 5.98. The van der Waals surface area contributed by atoms with Crippen molar-refractivity contribution in [3.63, 3.8) is 0 Å². The Labute approximate surface area is 493 Å². The lowest BCUT2D eigenvalue weighted by Crippen LogP contribution is -2.59. The molecule has 0 bridgehead atoms. The van der Waals surface area contributed by atoms with Crippen molar-refractivity contribution in [2.75, 3.05) is 32.7 Å². The van der Waals surface area contributed by atoms with E-state index in [0.29, 0.717) is 24.8 Å². The van der Waals surface area contributed by atoms with Gasteiger partial charge in [0.1, 0.15) is 48.3 Å². The molecule has 0 saturated heterocycles. The van der Waals surface area contributed by atoms with Crippen LogP contribution in [0.5, 0.6) is 0 Å². The fraction of sp³-hybridized carbons (Fsp3) is 0.615. The Balaban J connectivity index is 3.24. The molecule has 0 aliphatic rings. The maximum absolute atomic E-state index is 14.1. The first-order valence-electron chi connectivity index (χ1n) is 27.9. The van der Waals surface area contributed by atoms with Crippen LogP contribution in [0.4, 0.5) is 0 Å².